The van der Waals surface area contributed by atoms with Gasteiger partial charge in [-0.3, -0.25) is 4.79 Å². The molecule has 3 aromatic rings. The summed E-state index contributed by atoms with van der Waals surface area (Å²) in [5.41, 5.74) is 1.74. The van der Waals surface area contributed by atoms with Gasteiger partial charge in [0.25, 0.3) is 0 Å². The number of amides is 1. The molecule has 1 amide bonds. The second-order valence-corrected chi connectivity index (χ2v) is 6.07. The van der Waals surface area contributed by atoms with Crippen LogP contribution in [0.4, 0.5) is 17.6 Å². The molecule has 3 rings (SSSR count). The molecule has 2 aromatic carbocycles. The molecule has 3 nitrogen and oxygen atoms in total. The minimum absolute atomic E-state index is 0.00818. The van der Waals surface area contributed by atoms with Crippen molar-refractivity contribution in [2.24, 2.45) is 0 Å². The van der Waals surface area contributed by atoms with Crippen molar-refractivity contribution in [3.8, 4) is 0 Å². The van der Waals surface area contributed by atoms with Crippen LogP contribution >= 0.6 is 0 Å². The third kappa shape index (κ3) is 3.87. The lowest BCUT2D eigenvalue weighted by Crippen LogP contribution is -2.25. The van der Waals surface area contributed by atoms with Crippen LogP contribution in [0.5, 0.6) is 0 Å². The molecular weight excluding hydrogens is 348 g/mol. The maximum atomic E-state index is 13.5. The molecule has 7 heteroatoms. The monoisotopic (exact) mass is 364 g/mol. The topological polar surface area (TPSA) is 44.9 Å². The fourth-order valence-corrected chi connectivity index (χ4v) is 2.86. The van der Waals surface area contributed by atoms with Crippen molar-refractivity contribution in [3.05, 3.63) is 70.7 Å². The molecule has 0 saturated carbocycles. The summed E-state index contributed by atoms with van der Waals surface area (Å²) in [4.78, 5) is 15.3. The molecule has 0 aliphatic heterocycles. The highest BCUT2D eigenvalue weighted by Crippen LogP contribution is 2.29. The second kappa shape index (κ2) is 6.82. The van der Waals surface area contributed by atoms with Crippen molar-refractivity contribution in [3.63, 3.8) is 0 Å². The van der Waals surface area contributed by atoms with Gasteiger partial charge in [0.15, 0.2) is 0 Å². The number of aromatic amines is 1. The number of fused-ring (bicyclic) bond motifs is 1. The summed E-state index contributed by atoms with van der Waals surface area (Å²) in [6.07, 6.45) is -4.42. The summed E-state index contributed by atoms with van der Waals surface area (Å²) in [5, 5.41) is 3.23. The van der Waals surface area contributed by atoms with E-state index in [2.05, 4.69) is 10.3 Å². The van der Waals surface area contributed by atoms with Crippen LogP contribution in [0.2, 0.25) is 0 Å². The van der Waals surface area contributed by atoms with E-state index in [1.807, 2.05) is 0 Å². The summed E-state index contributed by atoms with van der Waals surface area (Å²) in [6.45, 7) is 1.77. The van der Waals surface area contributed by atoms with Crippen LogP contribution in [0.15, 0.2) is 42.5 Å². The molecule has 0 unspecified atom stereocenters. The van der Waals surface area contributed by atoms with E-state index in [0.29, 0.717) is 16.5 Å². The predicted octanol–water partition coefficient (Wildman–Crippen LogP) is 4.49. The molecule has 0 bridgehead atoms. The molecule has 0 aliphatic rings. The minimum Gasteiger partial charge on any atom is -0.358 e. The number of hydrogen-bond acceptors (Lipinski definition) is 1. The third-order valence-electron chi connectivity index (χ3n) is 4.16. The highest BCUT2D eigenvalue weighted by atomic mass is 19.4. The number of benzene rings is 2. The Morgan fingerprint density at radius 1 is 1.15 bits per heavy atom. The lowest BCUT2D eigenvalue weighted by molar-refractivity contribution is -0.137. The molecule has 26 heavy (non-hydrogen) atoms. The van der Waals surface area contributed by atoms with Crippen LogP contribution in [0.3, 0.4) is 0 Å². The number of alkyl halides is 3. The zero-order valence-electron chi connectivity index (χ0n) is 13.9. The Kier molecular flexibility index (Phi) is 4.71. The van der Waals surface area contributed by atoms with E-state index >= 15 is 0 Å². The molecule has 0 atom stereocenters. The van der Waals surface area contributed by atoms with Gasteiger partial charge in [-0.2, -0.15) is 13.2 Å². The van der Waals surface area contributed by atoms with E-state index in [1.54, 1.807) is 13.0 Å². The number of aryl methyl sites for hydroxylation is 1. The highest BCUT2D eigenvalue weighted by Gasteiger charge is 2.30. The SMILES string of the molecule is Cc1[nH]c2ccc(F)cc2c1CC(=O)NCc1cccc(C(F)(F)F)c1. The molecule has 0 aliphatic carbocycles. The van der Waals surface area contributed by atoms with Crippen LogP contribution in [0.25, 0.3) is 10.9 Å². The molecular formula is C19H16F4N2O. The van der Waals surface area contributed by atoms with Crippen LogP contribution in [0.1, 0.15) is 22.4 Å². The Balaban J connectivity index is 1.71. The molecule has 0 radical (unpaired) electrons. The summed E-state index contributed by atoms with van der Waals surface area (Å²) in [5.74, 6) is -0.752. The molecule has 2 N–H and O–H groups in total. The van der Waals surface area contributed by atoms with E-state index in [0.717, 1.165) is 23.3 Å². The number of hydrogen-bond donors (Lipinski definition) is 2. The lowest BCUT2D eigenvalue weighted by atomic mass is 10.1. The predicted molar refractivity (Wildman–Crippen MR) is 90.0 cm³/mol. The van der Waals surface area contributed by atoms with Gasteiger partial charge >= 0.3 is 6.18 Å². The Labute approximate surface area is 147 Å². The fraction of sp³-hybridized carbons (Fsp3) is 0.211. The standard InChI is InChI=1S/C19H16F4N2O/c1-11-15(16-8-14(20)5-6-17(16)25-11)9-18(26)24-10-12-3-2-4-13(7-12)19(21,22)23/h2-8,25H,9-10H2,1H3,(H,24,26). The van der Waals surface area contributed by atoms with E-state index in [1.165, 1.54) is 24.3 Å². The van der Waals surface area contributed by atoms with Crippen molar-refractivity contribution < 1.29 is 22.4 Å². The Hall–Kier alpha value is -2.83. The molecule has 0 fully saturated rings. The number of halogens is 4. The van der Waals surface area contributed by atoms with Crippen molar-refractivity contribution >= 4 is 16.8 Å². The summed E-state index contributed by atoms with van der Waals surface area (Å²) < 4.78 is 51.6. The van der Waals surface area contributed by atoms with Crippen molar-refractivity contribution in [1.82, 2.24) is 10.3 Å². The zero-order valence-corrected chi connectivity index (χ0v) is 13.9. The molecule has 0 saturated heterocycles. The van der Waals surface area contributed by atoms with Crippen molar-refractivity contribution in [2.75, 3.05) is 0 Å². The smallest absolute Gasteiger partial charge is 0.358 e. The summed E-state index contributed by atoms with van der Waals surface area (Å²) >= 11 is 0. The molecule has 1 heterocycles. The quantitative estimate of drug-likeness (QED) is 0.658. The summed E-state index contributed by atoms with van der Waals surface area (Å²) in [7, 11) is 0. The van der Waals surface area contributed by atoms with Gasteiger partial charge in [-0.05, 0) is 48.4 Å². The summed E-state index contributed by atoms with van der Waals surface area (Å²) in [6, 6.07) is 9.09. The van der Waals surface area contributed by atoms with Gasteiger partial charge in [0.05, 0.1) is 12.0 Å². The van der Waals surface area contributed by atoms with Crippen LogP contribution in [-0.4, -0.2) is 10.9 Å². The van der Waals surface area contributed by atoms with Gasteiger partial charge in [-0.15, -0.1) is 0 Å². The van der Waals surface area contributed by atoms with Crippen LogP contribution in [-0.2, 0) is 23.9 Å². The van der Waals surface area contributed by atoms with Gasteiger partial charge in [0.1, 0.15) is 5.82 Å². The number of carbonyl (C=O) groups excluding carboxylic acids is 1. The number of H-pyrrole nitrogens is 1. The lowest BCUT2D eigenvalue weighted by Gasteiger charge is -2.10. The largest absolute Gasteiger partial charge is 0.416 e. The Bertz CT molecular complexity index is 960. The Morgan fingerprint density at radius 2 is 1.92 bits per heavy atom. The first-order valence-corrected chi connectivity index (χ1v) is 7.93. The van der Waals surface area contributed by atoms with Crippen LogP contribution in [0, 0.1) is 12.7 Å². The maximum absolute atomic E-state index is 13.5. The maximum Gasteiger partial charge on any atom is 0.416 e. The first-order chi connectivity index (χ1) is 12.2. The fourth-order valence-electron chi connectivity index (χ4n) is 2.86. The van der Waals surface area contributed by atoms with Gasteiger partial charge in [-0.1, -0.05) is 12.1 Å². The second-order valence-electron chi connectivity index (χ2n) is 6.07. The van der Waals surface area contributed by atoms with Gasteiger partial charge in [0, 0.05) is 23.1 Å². The molecule has 136 valence electrons. The number of nitrogens with one attached hydrogen (secondary N) is 2. The van der Waals surface area contributed by atoms with Gasteiger partial charge < -0.3 is 10.3 Å². The highest BCUT2D eigenvalue weighted by molar-refractivity contribution is 5.90. The van der Waals surface area contributed by atoms with E-state index in [9.17, 15) is 22.4 Å². The van der Waals surface area contributed by atoms with Crippen molar-refractivity contribution in [1.29, 1.82) is 0 Å². The molecule has 0 spiro atoms. The zero-order chi connectivity index (χ0) is 18.9. The van der Waals surface area contributed by atoms with Crippen LogP contribution < -0.4 is 5.32 Å². The Morgan fingerprint density at radius 3 is 2.65 bits per heavy atom. The average Bonchev–Trinajstić information content (AvgIpc) is 2.88. The van der Waals surface area contributed by atoms with E-state index < -0.39 is 17.6 Å². The minimum atomic E-state index is -4.43. The number of carbonyl (C=O) groups is 1. The van der Waals surface area contributed by atoms with Crippen molar-refractivity contribution in [2.45, 2.75) is 26.1 Å². The van der Waals surface area contributed by atoms with Gasteiger partial charge in [-0.25, -0.2) is 4.39 Å². The van der Waals surface area contributed by atoms with E-state index in [4.69, 9.17) is 0 Å². The first kappa shape index (κ1) is 18.0. The first-order valence-electron chi connectivity index (χ1n) is 7.93. The average molecular weight is 364 g/mol. The van der Waals surface area contributed by atoms with E-state index in [-0.39, 0.29) is 18.9 Å². The normalized spacial score (nSPS) is 11.7. The third-order valence-corrected chi connectivity index (χ3v) is 4.16. The number of rotatable bonds is 4. The number of aromatic nitrogens is 1. The van der Waals surface area contributed by atoms with Gasteiger partial charge in [0.2, 0.25) is 5.91 Å². The molecule has 1 aromatic heterocycles.